The average molecular weight is 324 g/mol. The van der Waals surface area contributed by atoms with Gasteiger partial charge in [0.05, 0.1) is 5.56 Å². The molecule has 5 nitrogen and oxygen atoms in total. The van der Waals surface area contributed by atoms with E-state index < -0.39 is 5.41 Å². The summed E-state index contributed by atoms with van der Waals surface area (Å²) in [4.78, 5) is 28.2. The molecule has 1 spiro atoms. The number of carbonyl (C=O) groups is 1. The summed E-state index contributed by atoms with van der Waals surface area (Å²) in [5.41, 5.74) is 1.75. The quantitative estimate of drug-likeness (QED) is 0.850. The van der Waals surface area contributed by atoms with Crippen molar-refractivity contribution in [2.24, 2.45) is 0 Å². The monoisotopic (exact) mass is 324 g/mol. The zero-order valence-electron chi connectivity index (χ0n) is 13.6. The van der Waals surface area contributed by atoms with E-state index in [-0.39, 0.29) is 18.1 Å². The van der Waals surface area contributed by atoms with Crippen molar-refractivity contribution in [3.8, 4) is 5.75 Å². The van der Waals surface area contributed by atoms with Gasteiger partial charge in [0, 0.05) is 17.4 Å². The Labute approximate surface area is 140 Å². The minimum absolute atomic E-state index is 0.180. The lowest BCUT2D eigenvalue weighted by molar-refractivity contribution is -0.119. The summed E-state index contributed by atoms with van der Waals surface area (Å²) < 4.78 is 5.93. The van der Waals surface area contributed by atoms with Crippen molar-refractivity contribution < 1.29 is 9.53 Å². The second kappa shape index (κ2) is 5.51. The molecule has 2 aliphatic rings. The molecule has 1 atom stereocenters. The smallest absolute Gasteiger partial charge is 0.256 e. The summed E-state index contributed by atoms with van der Waals surface area (Å²) in [7, 11) is 0. The molecule has 0 bridgehead atoms. The first-order valence-electron chi connectivity index (χ1n) is 8.47. The minimum atomic E-state index is -1.03. The van der Waals surface area contributed by atoms with Crippen LogP contribution in [-0.4, -0.2) is 17.5 Å². The largest absolute Gasteiger partial charge is 0.491 e. The van der Waals surface area contributed by atoms with Gasteiger partial charge in [0.2, 0.25) is 5.91 Å². The fourth-order valence-electron chi connectivity index (χ4n) is 3.82. The van der Waals surface area contributed by atoms with Crippen LogP contribution in [0.5, 0.6) is 5.75 Å². The number of benzene rings is 1. The highest BCUT2D eigenvalue weighted by Crippen LogP contribution is 2.49. The molecule has 2 aliphatic heterocycles. The van der Waals surface area contributed by atoms with Crippen LogP contribution in [0.4, 0.5) is 5.69 Å². The van der Waals surface area contributed by atoms with E-state index in [0.29, 0.717) is 11.3 Å². The summed E-state index contributed by atoms with van der Waals surface area (Å²) in [6.07, 6.45) is 5.86. The number of anilines is 1. The lowest BCUT2D eigenvalue weighted by Crippen LogP contribution is -2.40. The number of hydrogen-bond donors (Lipinski definition) is 2. The molecule has 0 radical (unpaired) electrons. The maximum Gasteiger partial charge on any atom is 0.256 e. The number of H-pyrrole nitrogens is 1. The third-order valence-electron chi connectivity index (χ3n) is 5.06. The van der Waals surface area contributed by atoms with Gasteiger partial charge in [-0.1, -0.05) is 38.0 Å². The number of unbranched alkanes of at least 4 members (excludes halogenated alkanes) is 2. The van der Waals surface area contributed by atoms with Gasteiger partial charge in [-0.25, -0.2) is 0 Å². The van der Waals surface area contributed by atoms with Crippen molar-refractivity contribution in [2.45, 2.75) is 38.0 Å². The number of aromatic amines is 1. The third-order valence-corrected chi connectivity index (χ3v) is 5.06. The SMILES string of the molecule is CCCCCc1c[nH]c(=O)c2c1OCC21C(=O)Nc2ccccc21. The first kappa shape index (κ1) is 15.0. The van der Waals surface area contributed by atoms with Crippen molar-refractivity contribution >= 4 is 11.6 Å². The van der Waals surface area contributed by atoms with E-state index in [2.05, 4.69) is 17.2 Å². The predicted molar refractivity (Wildman–Crippen MR) is 91.6 cm³/mol. The van der Waals surface area contributed by atoms with E-state index in [9.17, 15) is 9.59 Å². The Hall–Kier alpha value is -2.56. The molecular formula is C19H20N2O3. The zero-order chi connectivity index (χ0) is 16.7. The van der Waals surface area contributed by atoms with Crippen molar-refractivity contribution in [1.29, 1.82) is 0 Å². The molecular weight excluding hydrogens is 304 g/mol. The average Bonchev–Trinajstić information content (AvgIpc) is 3.12. The summed E-state index contributed by atoms with van der Waals surface area (Å²) in [6, 6.07) is 7.52. The summed E-state index contributed by atoms with van der Waals surface area (Å²) in [5.74, 6) is 0.417. The van der Waals surface area contributed by atoms with Gasteiger partial charge in [-0.2, -0.15) is 0 Å². The maximum atomic E-state index is 12.8. The van der Waals surface area contributed by atoms with Crippen molar-refractivity contribution in [1.82, 2.24) is 4.98 Å². The van der Waals surface area contributed by atoms with Crippen LogP contribution in [0.15, 0.2) is 35.3 Å². The van der Waals surface area contributed by atoms with Gasteiger partial charge in [-0.15, -0.1) is 0 Å². The van der Waals surface area contributed by atoms with Crippen LogP contribution in [-0.2, 0) is 16.6 Å². The predicted octanol–water partition coefficient (Wildman–Crippen LogP) is 2.74. The Morgan fingerprint density at radius 1 is 1.21 bits per heavy atom. The van der Waals surface area contributed by atoms with E-state index in [1.807, 2.05) is 24.3 Å². The molecule has 0 aliphatic carbocycles. The standard InChI is InChI=1S/C19H20N2O3/c1-2-3-4-7-12-10-20-17(22)15-16(12)24-11-19(15)13-8-5-6-9-14(13)21-18(19)23/h5-6,8-10H,2-4,7,11H2,1H3,(H,20,22)(H,21,23). The lowest BCUT2D eigenvalue weighted by Gasteiger charge is -2.19. The molecule has 1 unspecified atom stereocenters. The summed E-state index contributed by atoms with van der Waals surface area (Å²) in [5, 5.41) is 2.90. The Morgan fingerprint density at radius 3 is 2.88 bits per heavy atom. The number of ether oxygens (including phenoxy) is 1. The molecule has 4 rings (SSSR count). The number of fused-ring (bicyclic) bond motifs is 4. The molecule has 0 saturated carbocycles. The lowest BCUT2D eigenvalue weighted by atomic mass is 9.77. The van der Waals surface area contributed by atoms with Crippen LogP contribution < -0.4 is 15.6 Å². The van der Waals surface area contributed by atoms with Crippen molar-refractivity contribution in [2.75, 3.05) is 11.9 Å². The Kier molecular flexibility index (Phi) is 3.44. The number of aromatic nitrogens is 1. The molecule has 1 amide bonds. The molecule has 2 aromatic rings. The number of pyridine rings is 1. The van der Waals surface area contributed by atoms with E-state index in [4.69, 9.17) is 4.74 Å². The highest BCUT2D eigenvalue weighted by molar-refractivity contribution is 6.09. The molecule has 24 heavy (non-hydrogen) atoms. The number of rotatable bonds is 4. The molecule has 1 aromatic heterocycles. The van der Waals surface area contributed by atoms with Gasteiger partial charge in [0.25, 0.3) is 5.56 Å². The summed E-state index contributed by atoms with van der Waals surface area (Å²) in [6.45, 7) is 2.33. The fourth-order valence-corrected chi connectivity index (χ4v) is 3.82. The number of para-hydroxylation sites is 1. The minimum Gasteiger partial charge on any atom is -0.491 e. The van der Waals surface area contributed by atoms with Crippen LogP contribution in [0.1, 0.15) is 42.9 Å². The molecule has 0 fully saturated rings. The number of amides is 1. The van der Waals surface area contributed by atoms with Crippen molar-refractivity contribution in [3.05, 3.63) is 57.5 Å². The molecule has 5 heteroatoms. The Bertz CT molecular complexity index is 871. The topological polar surface area (TPSA) is 71.2 Å². The Balaban J connectivity index is 1.87. The van der Waals surface area contributed by atoms with Crippen LogP contribution in [0, 0.1) is 0 Å². The molecule has 1 aromatic carbocycles. The van der Waals surface area contributed by atoms with Crippen LogP contribution >= 0.6 is 0 Å². The van der Waals surface area contributed by atoms with Crippen LogP contribution in [0.25, 0.3) is 0 Å². The first-order chi connectivity index (χ1) is 11.7. The van der Waals surface area contributed by atoms with E-state index in [0.717, 1.165) is 42.5 Å². The number of carbonyl (C=O) groups excluding carboxylic acids is 1. The van der Waals surface area contributed by atoms with Gasteiger partial charge in [-0.05, 0) is 24.5 Å². The second-order valence-electron chi connectivity index (χ2n) is 6.50. The van der Waals surface area contributed by atoms with Gasteiger partial charge in [-0.3, -0.25) is 9.59 Å². The normalized spacial score (nSPS) is 20.6. The molecule has 124 valence electrons. The van der Waals surface area contributed by atoms with Gasteiger partial charge in [0.15, 0.2) is 0 Å². The van der Waals surface area contributed by atoms with Gasteiger partial charge >= 0.3 is 0 Å². The fraction of sp³-hybridized carbons (Fsp3) is 0.368. The molecule has 2 N–H and O–H groups in total. The van der Waals surface area contributed by atoms with Crippen molar-refractivity contribution in [3.63, 3.8) is 0 Å². The zero-order valence-corrected chi connectivity index (χ0v) is 13.6. The van der Waals surface area contributed by atoms with Gasteiger partial charge in [0.1, 0.15) is 17.8 Å². The maximum absolute atomic E-state index is 12.8. The van der Waals surface area contributed by atoms with Crippen LogP contribution in [0.3, 0.4) is 0 Å². The highest BCUT2D eigenvalue weighted by Gasteiger charge is 2.55. The van der Waals surface area contributed by atoms with Gasteiger partial charge < -0.3 is 15.0 Å². The number of aryl methyl sites for hydroxylation is 1. The third kappa shape index (κ3) is 1.94. The van der Waals surface area contributed by atoms with Crippen LogP contribution in [0.2, 0.25) is 0 Å². The summed E-state index contributed by atoms with van der Waals surface area (Å²) >= 11 is 0. The first-order valence-corrected chi connectivity index (χ1v) is 8.47. The Morgan fingerprint density at radius 2 is 2.04 bits per heavy atom. The molecule has 3 heterocycles. The van der Waals surface area contributed by atoms with E-state index >= 15 is 0 Å². The highest BCUT2D eigenvalue weighted by atomic mass is 16.5. The number of nitrogens with one attached hydrogen (secondary N) is 2. The second-order valence-corrected chi connectivity index (χ2v) is 6.50. The molecule has 0 saturated heterocycles. The van der Waals surface area contributed by atoms with E-state index in [1.165, 1.54) is 0 Å². The van der Waals surface area contributed by atoms with E-state index in [1.54, 1.807) is 6.20 Å². The number of hydrogen-bond acceptors (Lipinski definition) is 3.